The molecule has 3 rings (SSSR count). The van der Waals surface area contributed by atoms with Crippen molar-refractivity contribution in [2.45, 2.75) is 18.3 Å². The molecule has 19 heavy (non-hydrogen) atoms. The Bertz CT molecular complexity index is 611. The first-order chi connectivity index (χ1) is 9.21. The number of nitrogens with zero attached hydrogens (tertiary/aromatic N) is 2. The van der Waals surface area contributed by atoms with Gasteiger partial charge < -0.3 is 0 Å². The number of benzene rings is 1. The molecule has 1 N–H and O–H groups in total. The number of carbonyl (C=O) groups is 1. The lowest BCUT2D eigenvalue weighted by molar-refractivity contribution is -0.118. The molecular weight excluding hydrogens is 262 g/mol. The number of hydrogen-bond donors (Lipinski definition) is 1. The highest BCUT2D eigenvalue weighted by atomic mass is 35.5. The topological polar surface area (TPSA) is 54.9 Å². The molecule has 2 aromatic rings. The van der Waals surface area contributed by atoms with Crippen molar-refractivity contribution < 1.29 is 4.79 Å². The van der Waals surface area contributed by atoms with E-state index in [4.69, 9.17) is 11.6 Å². The van der Waals surface area contributed by atoms with Gasteiger partial charge in [-0.05, 0) is 36.6 Å². The van der Waals surface area contributed by atoms with Gasteiger partial charge in [-0.25, -0.2) is 9.97 Å². The van der Waals surface area contributed by atoms with Crippen LogP contribution in [0.4, 0.5) is 5.95 Å². The number of anilines is 1. The highest BCUT2D eigenvalue weighted by Gasteiger charge is 2.51. The van der Waals surface area contributed by atoms with Crippen LogP contribution in [0.3, 0.4) is 0 Å². The summed E-state index contributed by atoms with van der Waals surface area (Å²) < 4.78 is 0. The van der Waals surface area contributed by atoms with Crippen molar-refractivity contribution in [2.75, 3.05) is 5.32 Å². The first-order valence-corrected chi connectivity index (χ1v) is 6.43. The van der Waals surface area contributed by atoms with E-state index in [1.54, 1.807) is 24.5 Å². The monoisotopic (exact) mass is 273 g/mol. The van der Waals surface area contributed by atoms with E-state index >= 15 is 0 Å². The van der Waals surface area contributed by atoms with Gasteiger partial charge in [-0.3, -0.25) is 10.1 Å². The molecule has 96 valence electrons. The van der Waals surface area contributed by atoms with Crippen LogP contribution in [0.5, 0.6) is 0 Å². The van der Waals surface area contributed by atoms with E-state index in [0.717, 1.165) is 18.4 Å². The number of hydrogen-bond acceptors (Lipinski definition) is 3. The van der Waals surface area contributed by atoms with E-state index in [0.29, 0.717) is 11.0 Å². The van der Waals surface area contributed by atoms with E-state index in [2.05, 4.69) is 15.3 Å². The second kappa shape index (κ2) is 4.63. The maximum atomic E-state index is 12.4. The third-order valence-electron chi connectivity index (χ3n) is 3.35. The number of amides is 1. The molecule has 5 heteroatoms. The zero-order valence-electron chi connectivity index (χ0n) is 10.1. The molecule has 4 nitrogen and oxygen atoms in total. The Labute approximate surface area is 115 Å². The predicted octanol–water partition coefficient (Wildman–Crippen LogP) is 2.80. The number of nitrogens with one attached hydrogen (secondary N) is 1. The standard InChI is InChI=1S/C14H12ClN3O/c15-11-4-1-3-10(9-11)14(5-6-14)12(19)18-13-16-7-2-8-17-13/h1-4,7-9H,5-6H2,(H,16,17,18,19). The first kappa shape index (κ1) is 12.1. The largest absolute Gasteiger partial charge is 0.294 e. The van der Waals surface area contributed by atoms with Gasteiger partial charge in [-0.1, -0.05) is 23.7 Å². The lowest BCUT2D eigenvalue weighted by atomic mass is 9.95. The smallest absolute Gasteiger partial charge is 0.237 e. The lowest BCUT2D eigenvalue weighted by Crippen LogP contribution is -2.28. The molecule has 1 heterocycles. The van der Waals surface area contributed by atoms with Crippen LogP contribution < -0.4 is 5.32 Å². The summed E-state index contributed by atoms with van der Waals surface area (Å²) >= 11 is 5.99. The van der Waals surface area contributed by atoms with Crippen LogP contribution in [0.2, 0.25) is 5.02 Å². The van der Waals surface area contributed by atoms with E-state index in [9.17, 15) is 4.79 Å². The second-order valence-electron chi connectivity index (χ2n) is 4.62. The van der Waals surface area contributed by atoms with Gasteiger partial charge in [0.25, 0.3) is 0 Å². The van der Waals surface area contributed by atoms with Gasteiger partial charge in [0.2, 0.25) is 11.9 Å². The molecule has 0 saturated heterocycles. The summed E-state index contributed by atoms with van der Waals surface area (Å²) in [5.74, 6) is 0.266. The van der Waals surface area contributed by atoms with Crippen LogP contribution >= 0.6 is 11.6 Å². The minimum atomic E-state index is -0.468. The molecule has 0 atom stereocenters. The Morgan fingerprint density at radius 1 is 1.21 bits per heavy atom. The van der Waals surface area contributed by atoms with Crippen molar-refractivity contribution in [1.82, 2.24) is 9.97 Å². The Morgan fingerprint density at radius 3 is 2.58 bits per heavy atom. The van der Waals surface area contributed by atoms with Crippen molar-refractivity contribution in [3.63, 3.8) is 0 Å². The molecule has 0 aliphatic heterocycles. The van der Waals surface area contributed by atoms with Gasteiger partial charge in [0.1, 0.15) is 0 Å². The van der Waals surface area contributed by atoms with E-state index < -0.39 is 5.41 Å². The summed E-state index contributed by atoms with van der Waals surface area (Å²) in [7, 11) is 0. The second-order valence-corrected chi connectivity index (χ2v) is 5.06. The number of carbonyl (C=O) groups excluding carboxylic acids is 1. The van der Waals surface area contributed by atoms with Crippen LogP contribution in [0, 0.1) is 0 Å². The number of halogens is 1. The van der Waals surface area contributed by atoms with Crippen molar-refractivity contribution in [3.05, 3.63) is 53.3 Å². The first-order valence-electron chi connectivity index (χ1n) is 6.05. The highest BCUT2D eigenvalue weighted by Crippen LogP contribution is 2.49. The average Bonchev–Trinajstić information content (AvgIpc) is 3.21. The molecule has 0 spiro atoms. The summed E-state index contributed by atoms with van der Waals surface area (Å²) in [4.78, 5) is 20.4. The molecule has 1 fully saturated rings. The van der Waals surface area contributed by atoms with Crippen molar-refractivity contribution in [3.8, 4) is 0 Å². The SMILES string of the molecule is O=C(Nc1ncccn1)C1(c2cccc(Cl)c2)CC1. The van der Waals surface area contributed by atoms with E-state index in [1.807, 2.05) is 18.2 Å². The average molecular weight is 274 g/mol. The molecule has 1 saturated carbocycles. The van der Waals surface area contributed by atoms with Crippen LogP contribution in [0.1, 0.15) is 18.4 Å². The van der Waals surface area contributed by atoms with Crippen molar-refractivity contribution >= 4 is 23.5 Å². The molecule has 1 aromatic carbocycles. The van der Waals surface area contributed by atoms with Crippen LogP contribution in [-0.2, 0) is 10.2 Å². The Kier molecular flexibility index (Phi) is 2.95. The van der Waals surface area contributed by atoms with Crippen molar-refractivity contribution in [1.29, 1.82) is 0 Å². The van der Waals surface area contributed by atoms with E-state index in [-0.39, 0.29) is 5.91 Å². The van der Waals surface area contributed by atoms with Gasteiger partial charge >= 0.3 is 0 Å². The van der Waals surface area contributed by atoms with Gasteiger partial charge in [0.05, 0.1) is 5.41 Å². The van der Waals surface area contributed by atoms with Gasteiger partial charge in [-0.2, -0.15) is 0 Å². The fraction of sp³-hybridized carbons (Fsp3) is 0.214. The maximum absolute atomic E-state index is 12.4. The molecular formula is C14H12ClN3O. The maximum Gasteiger partial charge on any atom is 0.237 e. The Balaban J connectivity index is 1.83. The molecule has 1 aromatic heterocycles. The van der Waals surface area contributed by atoms with Gasteiger partial charge in [-0.15, -0.1) is 0 Å². The Morgan fingerprint density at radius 2 is 1.95 bits per heavy atom. The number of aromatic nitrogens is 2. The molecule has 0 radical (unpaired) electrons. The fourth-order valence-electron chi connectivity index (χ4n) is 2.14. The minimum absolute atomic E-state index is 0.0685. The Hall–Kier alpha value is -1.94. The highest BCUT2D eigenvalue weighted by molar-refractivity contribution is 6.30. The van der Waals surface area contributed by atoms with Gasteiger partial charge in [0.15, 0.2) is 0 Å². The summed E-state index contributed by atoms with van der Waals surface area (Å²) in [6.45, 7) is 0. The predicted molar refractivity (Wildman–Crippen MR) is 73.0 cm³/mol. The third kappa shape index (κ3) is 2.31. The zero-order valence-corrected chi connectivity index (χ0v) is 10.9. The van der Waals surface area contributed by atoms with Crippen LogP contribution in [0.15, 0.2) is 42.7 Å². The van der Waals surface area contributed by atoms with Crippen LogP contribution in [-0.4, -0.2) is 15.9 Å². The summed E-state index contributed by atoms with van der Waals surface area (Å²) in [6.07, 6.45) is 4.85. The lowest BCUT2D eigenvalue weighted by Gasteiger charge is -2.15. The zero-order chi connectivity index (χ0) is 13.3. The molecule has 1 aliphatic rings. The van der Waals surface area contributed by atoms with Crippen LogP contribution in [0.25, 0.3) is 0 Å². The van der Waals surface area contributed by atoms with Gasteiger partial charge in [0, 0.05) is 17.4 Å². The fourth-order valence-corrected chi connectivity index (χ4v) is 2.33. The molecule has 1 amide bonds. The van der Waals surface area contributed by atoms with Crippen molar-refractivity contribution in [2.24, 2.45) is 0 Å². The minimum Gasteiger partial charge on any atom is -0.294 e. The molecule has 0 bridgehead atoms. The summed E-state index contributed by atoms with van der Waals surface area (Å²) in [5, 5.41) is 3.40. The summed E-state index contributed by atoms with van der Waals surface area (Å²) in [5.41, 5.74) is 0.484. The quantitative estimate of drug-likeness (QED) is 0.936. The third-order valence-corrected chi connectivity index (χ3v) is 3.59. The summed E-state index contributed by atoms with van der Waals surface area (Å²) in [6, 6.07) is 9.16. The molecule has 0 unspecified atom stereocenters. The molecule has 1 aliphatic carbocycles. The normalized spacial score (nSPS) is 15.8. The van der Waals surface area contributed by atoms with E-state index in [1.165, 1.54) is 0 Å². The number of rotatable bonds is 3.